The van der Waals surface area contributed by atoms with Crippen LogP contribution in [0, 0.1) is 0 Å². The molecular formula is C12H13F2NO6S. The van der Waals surface area contributed by atoms with Gasteiger partial charge in [0.15, 0.2) is 0 Å². The number of ether oxygens (including phenoxy) is 1. The summed E-state index contributed by atoms with van der Waals surface area (Å²) in [4.78, 5) is 10.7. The second-order valence-corrected chi connectivity index (χ2v) is 6.35. The number of nitrogens with two attached hydrogens (primary N) is 1. The Hall–Kier alpha value is -1.62. The zero-order valence-corrected chi connectivity index (χ0v) is 11.9. The fraction of sp³-hybridized carbons (Fsp3) is 0.417. The van der Waals surface area contributed by atoms with E-state index >= 15 is 0 Å². The highest BCUT2D eigenvalue weighted by Crippen LogP contribution is 2.42. The summed E-state index contributed by atoms with van der Waals surface area (Å²) >= 11 is 0. The highest BCUT2D eigenvalue weighted by molar-refractivity contribution is 7.86. The molecule has 122 valence electrons. The molecule has 1 fully saturated rings. The average Bonchev–Trinajstić information content (AvgIpc) is 3.21. The van der Waals surface area contributed by atoms with Gasteiger partial charge in [0.2, 0.25) is 0 Å². The van der Waals surface area contributed by atoms with E-state index in [1.807, 2.05) is 0 Å². The third kappa shape index (κ3) is 3.24. The normalized spacial score (nSPS) is 19.7. The number of carboxylic acid groups (broad SMARTS) is 1. The molecule has 7 nitrogen and oxygen atoms in total. The molecule has 0 aromatic heterocycles. The largest absolute Gasteiger partial charge is 0.480 e. The van der Waals surface area contributed by atoms with Gasteiger partial charge in [-0.2, -0.15) is 17.2 Å². The molecule has 0 aliphatic carbocycles. The topological polar surface area (TPSA) is 130 Å². The van der Waals surface area contributed by atoms with Crippen molar-refractivity contribution in [3.05, 3.63) is 34.9 Å². The lowest BCUT2D eigenvalue weighted by Gasteiger charge is -2.18. The molecule has 1 aliphatic heterocycles. The molecular weight excluding hydrogens is 324 g/mol. The summed E-state index contributed by atoms with van der Waals surface area (Å²) < 4.78 is 63.0. The van der Waals surface area contributed by atoms with E-state index in [1.54, 1.807) is 0 Å². The summed E-state index contributed by atoms with van der Waals surface area (Å²) in [5.74, 6) is -1.25. The Kier molecular flexibility index (Phi) is 4.22. The quantitative estimate of drug-likeness (QED) is 0.513. The number of epoxide rings is 1. The zero-order valence-electron chi connectivity index (χ0n) is 11.1. The first-order valence-electron chi connectivity index (χ1n) is 6.12. The third-order valence-electron chi connectivity index (χ3n) is 3.21. The number of hydrogen-bond donors (Lipinski definition) is 3. The Bertz CT molecular complexity index is 702. The van der Waals surface area contributed by atoms with Crippen LogP contribution >= 0.6 is 0 Å². The van der Waals surface area contributed by atoms with Gasteiger partial charge in [-0.25, -0.2) is 0 Å². The third-order valence-corrected chi connectivity index (χ3v) is 4.07. The first-order chi connectivity index (χ1) is 10.0. The Morgan fingerprint density at radius 2 is 2.09 bits per heavy atom. The van der Waals surface area contributed by atoms with Crippen molar-refractivity contribution in [3.8, 4) is 0 Å². The van der Waals surface area contributed by atoms with E-state index in [0.29, 0.717) is 5.56 Å². The maximum Gasteiger partial charge on any atom is 0.395 e. The van der Waals surface area contributed by atoms with Crippen LogP contribution in [0.25, 0.3) is 0 Å². The van der Waals surface area contributed by atoms with Crippen molar-refractivity contribution in [2.24, 2.45) is 5.73 Å². The van der Waals surface area contributed by atoms with Gasteiger partial charge in [0.1, 0.15) is 12.1 Å². The van der Waals surface area contributed by atoms with E-state index in [-0.39, 0.29) is 18.6 Å². The van der Waals surface area contributed by atoms with Crippen LogP contribution in [0.2, 0.25) is 0 Å². The molecule has 0 saturated carbocycles. The SMILES string of the molecule is NC(Cc1ccc(C(F)(F)S(=O)(=O)O)c(C2CO2)c1)C(=O)O. The number of rotatable bonds is 6. The van der Waals surface area contributed by atoms with E-state index in [1.165, 1.54) is 6.07 Å². The minimum atomic E-state index is -5.64. The summed E-state index contributed by atoms with van der Waals surface area (Å²) in [6.07, 6.45) is -0.837. The molecule has 1 saturated heterocycles. The Balaban J connectivity index is 2.43. The van der Waals surface area contributed by atoms with Gasteiger partial charge in [-0.1, -0.05) is 18.2 Å². The highest BCUT2D eigenvalue weighted by Gasteiger charge is 2.49. The zero-order chi connectivity index (χ0) is 16.7. The van der Waals surface area contributed by atoms with E-state index in [9.17, 15) is 22.0 Å². The number of benzene rings is 1. The first kappa shape index (κ1) is 16.7. The lowest BCUT2D eigenvalue weighted by molar-refractivity contribution is -0.138. The summed E-state index contributed by atoms with van der Waals surface area (Å²) in [5, 5.41) is 4.26. The van der Waals surface area contributed by atoms with Crippen LogP contribution in [0.15, 0.2) is 18.2 Å². The van der Waals surface area contributed by atoms with Gasteiger partial charge in [-0.05, 0) is 17.5 Å². The number of halogens is 2. The van der Waals surface area contributed by atoms with Crippen molar-refractivity contribution in [1.82, 2.24) is 0 Å². The second kappa shape index (κ2) is 5.54. The first-order valence-corrected chi connectivity index (χ1v) is 7.56. The second-order valence-electron chi connectivity index (χ2n) is 4.88. The molecule has 22 heavy (non-hydrogen) atoms. The summed E-state index contributed by atoms with van der Waals surface area (Å²) in [6.45, 7) is 0.128. The van der Waals surface area contributed by atoms with Crippen molar-refractivity contribution < 1.29 is 36.4 Å². The fourth-order valence-corrected chi connectivity index (χ4v) is 2.44. The fourth-order valence-electron chi connectivity index (χ4n) is 1.98. The van der Waals surface area contributed by atoms with Crippen molar-refractivity contribution in [2.75, 3.05) is 6.61 Å². The van der Waals surface area contributed by atoms with E-state index in [4.69, 9.17) is 20.1 Å². The summed E-state index contributed by atoms with van der Waals surface area (Å²) in [5.41, 5.74) is 4.70. The number of aliphatic carboxylic acids is 1. The van der Waals surface area contributed by atoms with Crippen molar-refractivity contribution in [3.63, 3.8) is 0 Å². The molecule has 1 heterocycles. The average molecular weight is 337 g/mol. The van der Waals surface area contributed by atoms with Crippen LogP contribution in [0.5, 0.6) is 0 Å². The van der Waals surface area contributed by atoms with Gasteiger partial charge in [-0.15, -0.1) is 0 Å². The van der Waals surface area contributed by atoms with Crippen molar-refractivity contribution in [1.29, 1.82) is 0 Å². The van der Waals surface area contributed by atoms with Crippen LogP contribution in [0.3, 0.4) is 0 Å². The van der Waals surface area contributed by atoms with Gasteiger partial charge < -0.3 is 15.6 Å². The van der Waals surface area contributed by atoms with Crippen molar-refractivity contribution >= 4 is 16.1 Å². The molecule has 1 aliphatic rings. The number of carboxylic acids is 1. The van der Waals surface area contributed by atoms with Crippen LogP contribution in [-0.4, -0.2) is 36.7 Å². The van der Waals surface area contributed by atoms with Crippen LogP contribution < -0.4 is 5.73 Å². The molecule has 1 aromatic carbocycles. The predicted octanol–water partition coefficient (Wildman–Crippen LogP) is 0.649. The van der Waals surface area contributed by atoms with E-state index in [2.05, 4.69) is 0 Å². The van der Waals surface area contributed by atoms with Gasteiger partial charge in [-0.3, -0.25) is 9.35 Å². The molecule has 2 rings (SSSR count). The summed E-state index contributed by atoms with van der Waals surface area (Å²) in [6, 6.07) is 1.97. The van der Waals surface area contributed by atoms with Gasteiger partial charge in [0.05, 0.1) is 6.61 Å². The standard InChI is InChI=1S/C12H13F2NO6S/c13-12(14,22(18,19)20)8-2-1-6(4-9(15)11(16)17)3-7(8)10-5-21-10/h1-3,9-10H,4-5,15H2,(H,16,17)(H,18,19,20). The lowest BCUT2D eigenvalue weighted by atomic mass is 9.98. The highest BCUT2D eigenvalue weighted by atomic mass is 32.2. The molecule has 0 spiro atoms. The molecule has 0 amide bonds. The van der Waals surface area contributed by atoms with Gasteiger partial charge in [0, 0.05) is 5.56 Å². The van der Waals surface area contributed by atoms with Gasteiger partial charge >= 0.3 is 21.3 Å². The van der Waals surface area contributed by atoms with Crippen LogP contribution in [-0.2, 0) is 31.3 Å². The van der Waals surface area contributed by atoms with E-state index < -0.39 is 39.1 Å². The Morgan fingerprint density at radius 1 is 1.50 bits per heavy atom. The monoisotopic (exact) mass is 337 g/mol. The molecule has 2 atom stereocenters. The predicted molar refractivity (Wildman–Crippen MR) is 69.9 cm³/mol. The maximum absolute atomic E-state index is 13.8. The minimum Gasteiger partial charge on any atom is -0.480 e. The number of hydrogen-bond acceptors (Lipinski definition) is 5. The molecule has 2 unspecified atom stereocenters. The minimum absolute atomic E-state index is 0.113. The Labute approximate surface area is 124 Å². The molecule has 0 bridgehead atoms. The number of alkyl halides is 2. The smallest absolute Gasteiger partial charge is 0.395 e. The van der Waals surface area contributed by atoms with Crippen LogP contribution in [0.1, 0.15) is 22.8 Å². The molecule has 10 heteroatoms. The maximum atomic E-state index is 13.8. The molecule has 1 aromatic rings. The summed E-state index contributed by atoms with van der Waals surface area (Å²) in [7, 11) is -5.64. The molecule has 4 N–H and O–H groups in total. The molecule has 0 radical (unpaired) electrons. The van der Waals surface area contributed by atoms with Crippen molar-refractivity contribution in [2.45, 2.75) is 23.8 Å². The number of carbonyl (C=O) groups is 1. The lowest BCUT2D eigenvalue weighted by Crippen LogP contribution is -2.32. The van der Waals surface area contributed by atoms with Gasteiger partial charge in [0.25, 0.3) is 0 Å². The van der Waals surface area contributed by atoms with Crippen LogP contribution in [0.4, 0.5) is 8.78 Å². The van der Waals surface area contributed by atoms with E-state index in [0.717, 1.165) is 12.1 Å². The Morgan fingerprint density at radius 3 is 2.55 bits per heavy atom.